The monoisotopic (exact) mass is 341 g/mol. The smallest absolute Gasteiger partial charge is 0.338 e. The lowest BCUT2D eigenvalue weighted by atomic mass is 10.2. The zero-order chi connectivity index (χ0) is 17.0. The molecule has 0 radical (unpaired) electrons. The van der Waals surface area contributed by atoms with Gasteiger partial charge in [0.25, 0.3) is 5.91 Å². The normalized spacial score (nSPS) is 16.7. The van der Waals surface area contributed by atoms with Crippen LogP contribution in [0.15, 0.2) is 29.2 Å². The van der Waals surface area contributed by atoms with Crippen LogP contribution in [0.5, 0.6) is 0 Å². The number of rotatable bonds is 4. The first-order valence-electron chi connectivity index (χ1n) is 7.16. The fourth-order valence-electron chi connectivity index (χ4n) is 2.16. The van der Waals surface area contributed by atoms with Crippen molar-refractivity contribution >= 4 is 21.7 Å². The first-order chi connectivity index (χ1) is 10.8. The van der Waals surface area contributed by atoms with E-state index in [2.05, 4.69) is 0 Å². The van der Waals surface area contributed by atoms with E-state index in [0.29, 0.717) is 26.3 Å². The van der Waals surface area contributed by atoms with Gasteiger partial charge in [-0.05, 0) is 31.2 Å². The van der Waals surface area contributed by atoms with Gasteiger partial charge in [-0.3, -0.25) is 4.79 Å². The van der Waals surface area contributed by atoms with E-state index < -0.39 is 21.9 Å². The Balaban J connectivity index is 1.99. The van der Waals surface area contributed by atoms with Crippen LogP contribution in [-0.2, 0) is 24.1 Å². The number of ether oxygens (including phenoxy) is 2. The molecule has 0 spiro atoms. The Kier molecular flexibility index (Phi) is 5.38. The van der Waals surface area contributed by atoms with Crippen LogP contribution in [0, 0.1) is 0 Å². The van der Waals surface area contributed by atoms with Crippen LogP contribution in [0.25, 0.3) is 0 Å². The molecule has 1 fully saturated rings. The predicted molar refractivity (Wildman–Crippen MR) is 81.8 cm³/mol. The third-order valence-corrected chi connectivity index (χ3v) is 4.60. The Morgan fingerprint density at radius 3 is 2.26 bits per heavy atom. The highest BCUT2D eigenvalue weighted by atomic mass is 32.2. The number of nitrogens with zero attached hydrogens (tertiary/aromatic N) is 1. The first-order valence-corrected chi connectivity index (χ1v) is 9.06. The van der Waals surface area contributed by atoms with Crippen molar-refractivity contribution in [3.05, 3.63) is 29.8 Å². The van der Waals surface area contributed by atoms with Crippen molar-refractivity contribution < 1.29 is 27.5 Å². The largest absolute Gasteiger partial charge is 0.449 e. The quantitative estimate of drug-likeness (QED) is 0.741. The van der Waals surface area contributed by atoms with Crippen molar-refractivity contribution in [1.29, 1.82) is 0 Å². The number of carbonyl (C=O) groups excluding carboxylic acids is 2. The van der Waals surface area contributed by atoms with Gasteiger partial charge in [0.2, 0.25) is 0 Å². The number of hydrogen-bond acceptors (Lipinski definition) is 6. The molecule has 1 aliphatic heterocycles. The van der Waals surface area contributed by atoms with Crippen LogP contribution < -0.4 is 0 Å². The van der Waals surface area contributed by atoms with Crippen molar-refractivity contribution in [2.24, 2.45) is 0 Å². The maximum absolute atomic E-state index is 12.2. The molecule has 1 unspecified atom stereocenters. The van der Waals surface area contributed by atoms with Crippen LogP contribution in [0.4, 0.5) is 0 Å². The first kappa shape index (κ1) is 17.4. The van der Waals surface area contributed by atoms with Crippen LogP contribution in [0.2, 0.25) is 0 Å². The van der Waals surface area contributed by atoms with Gasteiger partial charge in [-0.15, -0.1) is 0 Å². The van der Waals surface area contributed by atoms with E-state index in [1.165, 1.54) is 31.2 Å². The minimum absolute atomic E-state index is 0.117. The van der Waals surface area contributed by atoms with E-state index in [9.17, 15) is 18.0 Å². The summed E-state index contributed by atoms with van der Waals surface area (Å²) in [6.45, 7) is 3.41. The minimum Gasteiger partial charge on any atom is -0.449 e. The van der Waals surface area contributed by atoms with E-state index in [1.807, 2.05) is 0 Å². The van der Waals surface area contributed by atoms with Gasteiger partial charge in [0.05, 0.1) is 23.7 Å². The summed E-state index contributed by atoms with van der Waals surface area (Å²) in [5.41, 5.74) is 0.194. The second-order valence-corrected chi connectivity index (χ2v) is 7.30. The summed E-state index contributed by atoms with van der Waals surface area (Å²) in [4.78, 5) is 25.9. The van der Waals surface area contributed by atoms with Crippen LogP contribution in [0.3, 0.4) is 0 Å². The minimum atomic E-state index is -3.32. The third kappa shape index (κ3) is 4.52. The Labute approximate surface area is 135 Å². The highest BCUT2D eigenvalue weighted by molar-refractivity contribution is 7.90. The highest BCUT2D eigenvalue weighted by Gasteiger charge is 2.25. The lowest BCUT2D eigenvalue weighted by Gasteiger charge is -2.28. The van der Waals surface area contributed by atoms with Gasteiger partial charge in [0, 0.05) is 19.3 Å². The number of morpholine rings is 1. The second-order valence-electron chi connectivity index (χ2n) is 5.28. The molecule has 0 N–H and O–H groups in total. The zero-order valence-electron chi connectivity index (χ0n) is 13.0. The van der Waals surface area contributed by atoms with Crippen LogP contribution in [0.1, 0.15) is 17.3 Å². The number of sulfone groups is 1. The molecule has 1 aromatic rings. The summed E-state index contributed by atoms with van der Waals surface area (Å²) in [7, 11) is -3.32. The molecule has 8 heteroatoms. The SMILES string of the molecule is CC(OC(=O)c1ccc(S(C)(=O)=O)cc1)C(=O)N1CCOCC1. The molecule has 1 heterocycles. The summed E-state index contributed by atoms with van der Waals surface area (Å²) >= 11 is 0. The summed E-state index contributed by atoms with van der Waals surface area (Å²) < 4.78 is 33.1. The molecule has 0 aromatic heterocycles. The molecule has 0 saturated carbocycles. The maximum Gasteiger partial charge on any atom is 0.338 e. The third-order valence-electron chi connectivity index (χ3n) is 3.47. The van der Waals surface area contributed by atoms with E-state index in [0.717, 1.165) is 6.26 Å². The number of esters is 1. The Bertz CT molecular complexity index is 676. The van der Waals surface area contributed by atoms with Crippen molar-refractivity contribution in [1.82, 2.24) is 4.90 Å². The highest BCUT2D eigenvalue weighted by Crippen LogP contribution is 2.12. The zero-order valence-corrected chi connectivity index (χ0v) is 13.8. The molecule has 2 rings (SSSR count). The average Bonchev–Trinajstić information content (AvgIpc) is 2.54. The summed E-state index contributed by atoms with van der Waals surface area (Å²) in [5.74, 6) is -0.937. The standard InChI is InChI=1S/C15H19NO6S/c1-11(14(17)16-7-9-21-10-8-16)22-15(18)12-3-5-13(6-4-12)23(2,19)20/h3-6,11H,7-10H2,1-2H3. The fraction of sp³-hybridized carbons (Fsp3) is 0.467. The number of benzene rings is 1. The predicted octanol–water partition coefficient (Wildman–Crippen LogP) is 0.494. The lowest BCUT2D eigenvalue weighted by molar-refractivity contribution is -0.143. The van der Waals surface area contributed by atoms with E-state index >= 15 is 0 Å². The molecule has 23 heavy (non-hydrogen) atoms. The average molecular weight is 341 g/mol. The summed E-state index contributed by atoms with van der Waals surface area (Å²) in [6.07, 6.45) is 0.179. The second kappa shape index (κ2) is 7.10. The number of amides is 1. The Hall–Kier alpha value is -1.93. The van der Waals surface area contributed by atoms with Gasteiger partial charge in [-0.1, -0.05) is 0 Å². The summed E-state index contributed by atoms with van der Waals surface area (Å²) in [5, 5.41) is 0. The molecule has 7 nitrogen and oxygen atoms in total. The topological polar surface area (TPSA) is 90.0 Å². The molecule has 0 bridgehead atoms. The van der Waals surface area contributed by atoms with Gasteiger partial charge in [0.1, 0.15) is 0 Å². The van der Waals surface area contributed by atoms with Gasteiger partial charge in [-0.2, -0.15) is 0 Å². The van der Waals surface area contributed by atoms with Crippen molar-refractivity contribution in [2.45, 2.75) is 17.9 Å². The van der Waals surface area contributed by atoms with Gasteiger partial charge >= 0.3 is 5.97 Å². The Morgan fingerprint density at radius 2 is 1.74 bits per heavy atom. The molecule has 126 valence electrons. The number of hydrogen-bond donors (Lipinski definition) is 0. The maximum atomic E-state index is 12.2. The van der Waals surface area contributed by atoms with Crippen molar-refractivity contribution in [3.8, 4) is 0 Å². The van der Waals surface area contributed by atoms with E-state index in [4.69, 9.17) is 9.47 Å². The molecule has 1 aromatic carbocycles. The lowest BCUT2D eigenvalue weighted by Crippen LogP contribution is -2.46. The molecule has 1 saturated heterocycles. The van der Waals surface area contributed by atoms with Crippen molar-refractivity contribution in [3.63, 3.8) is 0 Å². The molecule has 1 atom stereocenters. The van der Waals surface area contributed by atoms with Gasteiger partial charge in [-0.25, -0.2) is 13.2 Å². The molecular weight excluding hydrogens is 322 g/mol. The molecular formula is C15H19NO6S. The molecule has 0 aliphatic carbocycles. The fourth-order valence-corrected chi connectivity index (χ4v) is 2.79. The molecule has 1 amide bonds. The van der Waals surface area contributed by atoms with Gasteiger partial charge in [0.15, 0.2) is 15.9 Å². The summed E-state index contributed by atoms with van der Waals surface area (Å²) in [6, 6.07) is 5.40. The van der Waals surface area contributed by atoms with E-state index in [1.54, 1.807) is 4.90 Å². The van der Waals surface area contributed by atoms with Crippen molar-refractivity contribution in [2.75, 3.05) is 32.6 Å². The Morgan fingerprint density at radius 1 is 1.17 bits per heavy atom. The number of carbonyl (C=O) groups is 2. The van der Waals surface area contributed by atoms with Crippen LogP contribution in [-0.4, -0.2) is 63.9 Å². The van der Waals surface area contributed by atoms with Crippen LogP contribution >= 0.6 is 0 Å². The van der Waals surface area contributed by atoms with E-state index in [-0.39, 0.29) is 16.4 Å². The molecule has 1 aliphatic rings. The van der Waals surface area contributed by atoms with Gasteiger partial charge < -0.3 is 14.4 Å².